The lowest BCUT2D eigenvalue weighted by Crippen LogP contribution is -2.35. The molecule has 0 radical (unpaired) electrons. The Morgan fingerprint density at radius 2 is 1.93 bits per heavy atom. The molecule has 2 amide bonds. The Morgan fingerprint density at radius 3 is 2.59 bits per heavy atom. The van der Waals surface area contributed by atoms with E-state index in [1.54, 1.807) is 24.0 Å². The third-order valence-electron chi connectivity index (χ3n) is 5.16. The van der Waals surface area contributed by atoms with Gasteiger partial charge in [0.1, 0.15) is 0 Å². The second-order valence-electron chi connectivity index (χ2n) is 7.26. The number of hydrogen-bond donors (Lipinski definition) is 1. The number of fused-ring (bicyclic) bond motifs is 1. The van der Waals surface area contributed by atoms with E-state index in [0.29, 0.717) is 18.8 Å². The van der Waals surface area contributed by atoms with Gasteiger partial charge in [-0.1, -0.05) is 12.8 Å². The van der Waals surface area contributed by atoms with Crippen molar-refractivity contribution in [2.75, 3.05) is 18.4 Å². The summed E-state index contributed by atoms with van der Waals surface area (Å²) in [5, 5.41) is 1.75. The summed E-state index contributed by atoms with van der Waals surface area (Å²) in [5.41, 5.74) is 0.523. The Hall–Kier alpha value is -1.54. The zero-order chi connectivity index (χ0) is 19.6. The number of rotatable bonds is 4. The van der Waals surface area contributed by atoms with Gasteiger partial charge in [0.05, 0.1) is 21.1 Å². The van der Waals surface area contributed by atoms with Crippen molar-refractivity contribution in [2.24, 2.45) is 0 Å². The molecule has 0 aromatic heterocycles. The number of likely N-dealkylation sites (tertiary alicyclic amines) is 1. The van der Waals surface area contributed by atoms with Crippen molar-refractivity contribution in [3.8, 4) is 0 Å². The second kappa shape index (κ2) is 8.22. The number of anilines is 1. The smallest absolute Gasteiger partial charge is 0.237 e. The van der Waals surface area contributed by atoms with E-state index in [1.807, 2.05) is 6.92 Å². The summed E-state index contributed by atoms with van der Waals surface area (Å²) in [6.07, 6.45) is 4.18. The number of hydrogen-bond acceptors (Lipinski definition) is 5. The molecule has 0 aliphatic carbocycles. The van der Waals surface area contributed by atoms with Crippen molar-refractivity contribution in [1.29, 1.82) is 0 Å². The summed E-state index contributed by atoms with van der Waals surface area (Å²) in [6, 6.07) is 4.80. The molecule has 1 saturated heterocycles. The lowest BCUT2D eigenvalue weighted by molar-refractivity contribution is -0.131. The van der Waals surface area contributed by atoms with Crippen LogP contribution in [0.4, 0.5) is 5.69 Å². The van der Waals surface area contributed by atoms with Gasteiger partial charge < -0.3 is 10.2 Å². The molecule has 0 bridgehead atoms. The highest BCUT2D eigenvalue weighted by Crippen LogP contribution is 2.37. The molecule has 2 atom stereocenters. The molecule has 1 aromatic rings. The first-order chi connectivity index (χ1) is 12.8. The maximum Gasteiger partial charge on any atom is 0.237 e. The van der Waals surface area contributed by atoms with Gasteiger partial charge in [-0.15, -0.1) is 11.8 Å². The van der Waals surface area contributed by atoms with E-state index in [0.717, 1.165) is 30.6 Å². The molecule has 0 saturated carbocycles. The summed E-state index contributed by atoms with van der Waals surface area (Å²) >= 11 is 1.41. The van der Waals surface area contributed by atoms with E-state index in [-0.39, 0.29) is 28.4 Å². The predicted octanol–water partition coefficient (Wildman–Crippen LogP) is 3.07. The zero-order valence-electron chi connectivity index (χ0n) is 15.7. The molecule has 3 rings (SSSR count). The van der Waals surface area contributed by atoms with Crippen molar-refractivity contribution in [3.05, 3.63) is 18.2 Å². The molecule has 1 N–H and O–H groups in total. The fourth-order valence-electron chi connectivity index (χ4n) is 3.40. The molecule has 8 heteroatoms. The van der Waals surface area contributed by atoms with Crippen molar-refractivity contribution < 1.29 is 18.0 Å². The van der Waals surface area contributed by atoms with Gasteiger partial charge in [-0.2, -0.15) is 0 Å². The number of benzene rings is 1. The number of sulfone groups is 1. The van der Waals surface area contributed by atoms with Crippen LogP contribution < -0.4 is 5.32 Å². The Bertz CT molecular complexity index is 830. The first-order valence-electron chi connectivity index (χ1n) is 9.42. The zero-order valence-corrected chi connectivity index (χ0v) is 17.4. The molecule has 2 aliphatic rings. The number of carbonyl (C=O) groups excluding carboxylic acids is 2. The van der Waals surface area contributed by atoms with Crippen LogP contribution in [-0.4, -0.2) is 48.7 Å². The number of nitrogens with one attached hydrogen (secondary N) is 1. The van der Waals surface area contributed by atoms with E-state index in [1.165, 1.54) is 17.8 Å². The predicted molar refractivity (Wildman–Crippen MR) is 107 cm³/mol. The minimum absolute atomic E-state index is 0.0163. The van der Waals surface area contributed by atoms with Crippen LogP contribution in [0.1, 0.15) is 46.0 Å². The van der Waals surface area contributed by atoms with Crippen LogP contribution in [0.3, 0.4) is 0 Å². The normalized spacial score (nSPS) is 21.8. The first kappa shape index (κ1) is 20.2. The monoisotopic (exact) mass is 410 g/mol. The van der Waals surface area contributed by atoms with Crippen LogP contribution >= 0.6 is 11.8 Å². The summed E-state index contributed by atoms with van der Waals surface area (Å²) in [4.78, 5) is 27.2. The number of amides is 2. The molecule has 2 unspecified atom stereocenters. The van der Waals surface area contributed by atoms with Crippen LogP contribution in [-0.2, 0) is 19.4 Å². The molecule has 27 heavy (non-hydrogen) atoms. The van der Waals surface area contributed by atoms with Gasteiger partial charge >= 0.3 is 0 Å². The van der Waals surface area contributed by atoms with E-state index in [9.17, 15) is 18.0 Å². The van der Waals surface area contributed by atoms with E-state index in [2.05, 4.69) is 5.32 Å². The second-order valence-corrected chi connectivity index (χ2v) is 11.0. The van der Waals surface area contributed by atoms with Gasteiger partial charge in [0.2, 0.25) is 11.8 Å². The number of carbonyl (C=O) groups is 2. The SMILES string of the molecule is CC1Sc2ccc(S(=O)(=O)C(C)CC(=O)N3CCCCCC3)cc2NC1=O. The van der Waals surface area contributed by atoms with Crippen LogP contribution in [0.2, 0.25) is 0 Å². The van der Waals surface area contributed by atoms with E-state index >= 15 is 0 Å². The van der Waals surface area contributed by atoms with Gasteiger partial charge in [-0.3, -0.25) is 9.59 Å². The maximum atomic E-state index is 13.0. The molecule has 2 aliphatic heterocycles. The van der Waals surface area contributed by atoms with Gasteiger partial charge in [0, 0.05) is 24.4 Å². The average Bonchev–Trinajstić information content (AvgIpc) is 2.91. The lowest BCUT2D eigenvalue weighted by Gasteiger charge is -2.24. The quantitative estimate of drug-likeness (QED) is 0.825. The Morgan fingerprint density at radius 1 is 1.26 bits per heavy atom. The van der Waals surface area contributed by atoms with E-state index < -0.39 is 15.1 Å². The summed E-state index contributed by atoms with van der Waals surface area (Å²) < 4.78 is 25.9. The number of thioether (sulfide) groups is 1. The molecular formula is C19H26N2O4S2. The first-order valence-corrected chi connectivity index (χ1v) is 11.8. The highest BCUT2D eigenvalue weighted by Gasteiger charge is 2.30. The van der Waals surface area contributed by atoms with E-state index in [4.69, 9.17) is 0 Å². The average molecular weight is 411 g/mol. The topological polar surface area (TPSA) is 83.6 Å². The van der Waals surface area contributed by atoms with Gasteiger partial charge in [0.25, 0.3) is 0 Å². The minimum Gasteiger partial charge on any atom is -0.343 e. The fraction of sp³-hybridized carbons (Fsp3) is 0.579. The number of nitrogens with zero attached hydrogens (tertiary/aromatic N) is 1. The minimum atomic E-state index is -3.65. The Balaban J connectivity index is 1.74. The van der Waals surface area contributed by atoms with Gasteiger partial charge in [-0.25, -0.2) is 8.42 Å². The molecule has 6 nitrogen and oxygen atoms in total. The van der Waals surface area contributed by atoms with Crippen molar-refractivity contribution in [1.82, 2.24) is 4.90 Å². The lowest BCUT2D eigenvalue weighted by atomic mass is 10.2. The summed E-state index contributed by atoms with van der Waals surface area (Å²) in [7, 11) is -3.65. The molecule has 1 aromatic carbocycles. The maximum absolute atomic E-state index is 13.0. The van der Waals surface area contributed by atoms with Crippen molar-refractivity contribution in [2.45, 2.75) is 66.2 Å². The highest BCUT2D eigenvalue weighted by molar-refractivity contribution is 8.01. The van der Waals surface area contributed by atoms with Gasteiger partial charge in [0.15, 0.2) is 9.84 Å². The largest absolute Gasteiger partial charge is 0.343 e. The highest BCUT2D eigenvalue weighted by atomic mass is 32.2. The third-order valence-corrected chi connectivity index (χ3v) is 8.48. The fourth-order valence-corrected chi connectivity index (χ4v) is 5.70. The summed E-state index contributed by atoms with van der Waals surface area (Å²) in [5.74, 6) is -0.227. The molecule has 2 heterocycles. The summed E-state index contributed by atoms with van der Waals surface area (Å²) in [6.45, 7) is 4.82. The molecular weight excluding hydrogens is 384 g/mol. The van der Waals surface area contributed by atoms with Crippen LogP contribution in [0.15, 0.2) is 28.0 Å². The standard InChI is InChI=1S/C19H26N2O4S2/c1-13(11-18(22)21-9-5-3-4-6-10-21)27(24,25)15-7-8-17-16(12-15)20-19(23)14(2)26-17/h7-8,12-14H,3-6,9-11H2,1-2H3,(H,20,23). The van der Waals surface area contributed by atoms with Crippen molar-refractivity contribution >= 4 is 39.1 Å². The van der Waals surface area contributed by atoms with Crippen LogP contribution in [0.25, 0.3) is 0 Å². The molecule has 1 fully saturated rings. The molecule has 148 valence electrons. The van der Waals surface area contributed by atoms with Crippen molar-refractivity contribution in [3.63, 3.8) is 0 Å². The third kappa shape index (κ3) is 4.48. The Labute approximate surface area is 165 Å². The van der Waals surface area contributed by atoms with Crippen LogP contribution in [0, 0.1) is 0 Å². The Kier molecular flexibility index (Phi) is 6.15. The molecule has 0 spiro atoms. The van der Waals surface area contributed by atoms with Gasteiger partial charge in [-0.05, 0) is 44.9 Å². The van der Waals surface area contributed by atoms with Crippen LogP contribution in [0.5, 0.6) is 0 Å².